The molecule has 25 heavy (non-hydrogen) atoms. The lowest BCUT2D eigenvalue weighted by atomic mass is 10.1. The van der Waals surface area contributed by atoms with Gasteiger partial charge in [-0.1, -0.05) is 48.5 Å². The zero-order valence-corrected chi connectivity index (χ0v) is 14.7. The standard InChI is InChI=1S/C21H25N3O/c1-23(14-8-9-15-25)16-19-17-24(20-12-6-3-7-13-20)22-21(19)18-10-4-2-5-11-18/h2-7,10-13,17,25H,8-9,14-16H2,1H3. The molecule has 130 valence electrons. The molecule has 0 aliphatic heterocycles. The Morgan fingerprint density at radius 3 is 2.32 bits per heavy atom. The number of benzene rings is 2. The fraction of sp³-hybridized carbons (Fsp3) is 0.286. The largest absolute Gasteiger partial charge is 0.396 e. The van der Waals surface area contributed by atoms with E-state index in [1.807, 2.05) is 41.1 Å². The molecule has 0 spiro atoms. The van der Waals surface area contributed by atoms with E-state index in [0.29, 0.717) is 0 Å². The van der Waals surface area contributed by atoms with E-state index in [4.69, 9.17) is 10.2 Å². The summed E-state index contributed by atoms with van der Waals surface area (Å²) in [5, 5.41) is 13.8. The summed E-state index contributed by atoms with van der Waals surface area (Å²) in [5.74, 6) is 0. The van der Waals surface area contributed by atoms with Gasteiger partial charge in [-0.25, -0.2) is 4.68 Å². The summed E-state index contributed by atoms with van der Waals surface area (Å²) < 4.78 is 1.96. The van der Waals surface area contributed by atoms with E-state index in [9.17, 15) is 0 Å². The highest BCUT2D eigenvalue weighted by Gasteiger charge is 2.13. The molecule has 3 rings (SSSR count). The molecule has 0 atom stereocenters. The van der Waals surface area contributed by atoms with Gasteiger partial charge in [0.1, 0.15) is 0 Å². The highest BCUT2D eigenvalue weighted by Crippen LogP contribution is 2.24. The first-order valence-electron chi connectivity index (χ1n) is 8.76. The van der Waals surface area contributed by atoms with Crippen molar-refractivity contribution in [1.82, 2.24) is 14.7 Å². The van der Waals surface area contributed by atoms with E-state index < -0.39 is 0 Å². The SMILES string of the molecule is CN(CCCCO)Cc1cn(-c2ccccc2)nc1-c1ccccc1. The monoisotopic (exact) mass is 335 g/mol. The van der Waals surface area contributed by atoms with E-state index in [-0.39, 0.29) is 6.61 Å². The van der Waals surface area contributed by atoms with Gasteiger partial charge in [0.2, 0.25) is 0 Å². The third-order valence-corrected chi connectivity index (χ3v) is 4.25. The molecule has 1 N–H and O–H groups in total. The van der Waals surface area contributed by atoms with Crippen molar-refractivity contribution in [1.29, 1.82) is 0 Å². The van der Waals surface area contributed by atoms with Crippen LogP contribution in [0, 0.1) is 0 Å². The van der Waals surface area contributed by atoms with Crippen LogP contribution >= 0.6 is 0 Å². The summed E-state index contributed by atoms with van der Waals surface area (Å²) in [4.78, 5) is 2.29. The number of hydrogen-bond acceptors (Lipinski definition) is 3. The molecule has 0 bridgehead atoms. The first-order valence-corrected chi connectivity index (χ1v) is 8.76. The van der Waals surface area contributed by atoms with Crippen LogP contribution in [0.2, 0.25) is 0 Å². The second-order valence-electron chi connectivity index (χ2n) is 6.32. The van der Waals surface area contributed by atoms with Gasteiger partial charge < -0.3 is 10.0 Å². The lowest BCUT2D eigenvalue weighted by molar-refractivity contribution is 0.261. The Kier molecular flexibility index (Phi) is 5.99. The number of aromatic nitrogens is 2. The Bertz CT molecular complexity index is 768. The Morgan fingerprint density at radius 1 is 0.960 bits per heavy atom. The molecule has 0 saturated carbocycles. The van der Waals surface area contributed by atoms with Gasteiger partial charge in [-0.3, -0.25) is 0 Å². The molecule has 0 aliphatic carbocycles. The van der Waals surface area contributed by atoms with E-state index >= 15 is 0 Å². The van der Waals surface area contributed by atoms with Crippen LogP contribution in [0.1, 0.15) is 18.4 Å². The number of rotatable bonds is 8. The highest BCUT2D eigenvalue weighted by atomic mass is 16.2. The Labute approximate surface area is 149 Å². The lowest BCUT2D eigenvalue weighted by Gasteiger charge is -2.16. The predicted octanol–water partition coefficient (Wildman–Crippen LogP) is 3.74. The van der Waals surface area contributed by atoms with Gasteiger partial charge in [0, 0.05) is 30.5 Å². The molecule has 0 unspecified atom stereocenters. The molecule has 1 heterocycles. The Morgan fingerprint density at radius 2 is 1.64 bits per heavy atom. The van der Waals surface area contributed by atoms with Gasteiger partial charge in [0.15, 0.2) is 0 Å². The van der Waals surface area contributed by atoms with Gasteiger partial charge in [-0.05, 0) is 38.6 Å². The third-order valence-electron chi connectivity index (χ3n) is 4.25. The minimum absolute atomic E-state index is 0.259. The van der Waals surface area contributed by atoms with E-state index in [1.165, 1.54) is 5.56 Å². The van der Waals surface area contributed by atoms with Crippen molar-refractivity contribution in [2.45, 2.75) is 19.4 Å². The number of aliphatic hydroxyl groups excluding tert-OH is 1. The number of aliphatic hydroxyl groups is 1. The summed E-state index contributed by atoms with van der Waals surface area (Å²) in [7, 11) is 2.12. The average molecular weight is 335 g/mol. The van der Waals surface area contributed by atoms with Crippen molar-refractivity contribution < 1.29 is 5.11 Å². The van der Waals surface area contributed by atoms with Gasteiger partial charge in [-0.2, -0.15) is 5.10 Å². The van der Waals surface area contributed by atoms with Crippen LogP contribution in [0.5, 0.6) is 0 Å². The van der Waals surface area contributed by atoms with Crippen LogP contribution < -0.4 is 0 Å². The second kappa shape index (κ2) is 8.60. The quantitative estimate of drug-likeness (QED) is 0.638. The van der Waals surface area contributed by atoms with Crippen LogP contribution in [0.15, 0.2) is 66.9 Å². The summed E-state index contributed by atoms with van der Waals surface area (Å²) in [6.45, 7) is 2.06. The molecule has 3 aromatic rings. The van der Waals surface area contributed by atoms with Crippen LogP contribution in [0.4, 0.5) is 0 Å². The Hall–Kier alpha value is -2.43. The molecule has 4 heteroatoms. The third kappa shape index (κ3) is 4.56. The molecule has 0 saturated heterocycles. The maximum atomic E-state index is 8.96. The van der Waals surface area contributed by atoms with Crippen LogP contribution in [-0.4, -0.2) is 40.0 Å². The molecular weight excluding hydrogens is 310 g/mol. The molecule has 0 amide bonds. The van der Waals surface area contributed by atoms with Crippen molar-refractivity contribution in [2.75, 3.05) is 20.2 Å². The molecular formula is C21H25N3O. The molecule has 0 aliphatic rings. The molecule has 0 radical (unpaired) electrons. The van der Waals surface area contributed by atoms with Gasteiger partial charge in [0.05, 0.1) is 11.4 Å². The first kappa shape index (κ1) is 17.4. The van der Waals surface area contributed by atoms with Crippen molar-refractivity contribution in [3.05, 3.63) is 72.4 Å². The predicted molar refractivity (Wildman–Crippen MR) is 102 cm³/mol. The number of para-hydroxylation sites is 1. The van der Waals surface area contributed by atoms with Crippen LogP contribution in [0.3, 0.4) is 0 Å². The van der Waals surface area contributed by atoms with E-state index in [2.05, 4.69) is 42.4 Å². The molecule has 4 nitrogen and oxygen atoms in total. The zero-order chi connectivity index (χ0) is 17.5. The molecule has 1 aromatic heterocycles. The van der Waals surface area contributed by atoms with Crippen LogP contribution in [-0.2, 0) is 6.54 Å². The van der Waals surface area contributed by atoms with E-state index in [0.717, 1.165) is 42.9 Å². The van der Waals surface area contributed by atoms with Crippen molar-refractivity contribution in [3.8, 4) is 16.9 Å². The summed E-state index contributed by atoms with van der Waals surface area (Å²) >= 11 is 0. The maximum Gasteiger partial charge on any atom is 0.0972 e. The summed E-state index contributed by atoms with van der Waals surface area (Å²) in [6, 6.07) is 20.5. The molecule has 2 aromatic carbocycles. The van der Waals surface area contributed by atoms with Crippen molar-refractivity contribution >= 4 is 0 Å². The Balaban J connectivity index is 1.88. The highest BCUT2D eigenvalue weighted by molar-refractivity contribution is 5.63. The smallest absolute Gasteiger partial charge is 0.0972 e. The minimum atomic E-state index is 0.259. The topological polar surface area (TPSA) is 41.3 Å². The molecule has 0 fully saturated rings. The van der Waals surface area contributed by atoms with Gasteiger partial charge in [0.25, 0.3) is 0 Å². The van der Waals surface area contributed by atoms with Crippen molar-refractivity contribution in [3.63, 3.8) is 0 Å². The van der Waals surface area contributed by atoms with E-state index in [1.54, 1.807) is 0 Å². The fourth-order valence-corrected chi connectivity index (χ4v) is 2.94. The van der Waals surface area contributed by atoms with Gasteiger partial charge in [-0.15, -0.1) is 0 Å². The summed E-state index contributed by atoms with van der Waals surface area (Å²) in [5.41, 5.74) is 4.44. The van der Waals surface area contributed by atoms with Gasteiger partial charge >= 0.3 is 0 Å². The first-order chi connectivity index (χ1) is 12.3. The van der Waals surface area contributed by atoms with Crippen molar-refractivity contribution in [2.24, 2.45) is 0 Å². The normalized spacial score (nSPS) is 11.2. The lowest BCUT2D eigenvalue weighted by Crippen LogP contribution is -2.19. The number of unbranched alkanes of at least 4 members (excludes halogenated alkanes) is 1. The fourth-order valence-electron chi connectivity index (χ4n) is 2.94. The van der Waals surface area contributed by atoms with Crippen LogP contribution in [0.25, 0.3) is 16.9 Å². The minimum Gasteiger partial charge on any atom is -0.396 e. The summed E-state index contributed by atoms with van der Waals surface area (Å²) in [6.07, 6.45) is 3.97. The maximum absolute atomic E-state index is 8.96. The number of nitrogens with zero attached hydrogens (tertiary/aromatic N) is 3. The second-order valence-corrected chi connectivity index (χ2v) is 6.32. The average Bonchev–Trinajstić information content (AvgIpc) is 3.07. The zero-order valence-electron chi connectivity index (χ0n) is 14.7. The number of hydrogen-bond donors (Lipinski definition) is 1.